The molecule has 0 fully saturated rings. The van der Waals surface area contributed by atoms with Gasteiger partial charge in [0, 0.05) is 5.02 Å². The van der Waals surface area contributed by atoms with Gasteiger partial charge in [-0.25, -0.2) is 17.8 Å². The fourth-order valence-corrected chi connectivity index (χ4v) is 6.38. The molecule has 3 aromatic carbocycles. The summed E-state index contributed by atoms with van der Waals surface area (Å²) < 4.78 is 30.5. The number of rotatable bonds is 5. The molecule has 0 aliphatic heterocycles. The van der Waals surface area contributed by atoms with Gasteiger partial charge in [-0.3, -0.25) is 0 Å². The molecule has 30 heavy (non-hydrogen) atoms. The van der Waals surface area contributed by atoms with Crippen LogP contribution >= 0.6 is 23.4 Å². The predicted molar refractivity (Wildman–Crippen MR) is 117 cm³/mol. The summed E-state index contributed by atoms with van der Waals surface area (Å²) in [6.45, 7) is 0. The van der Waals surface area contributed by atoms with E-state index >= 15 is 0 Å². The SMILES string of the molecule is Nn1cnnc1SC1c2cccc3cccc(c23)C1NS(=O)(=O)c1ccc(Cl)cc1. The summed E-state index contributed by atoms with van der Waals surface area (Å²) >= 11 is 7.30. The summed E-state index contributed by atoms with van der Waals surface area (Å²) in [7, 11) is -3.79. The highest BCUT2D eigenvalue weighted by atomic mass is 35.5. The van der Waals surface area contributed by atoms with E-state index in [0.29, 0.717) is 10.2 Å². The molecule has 3 N–H and O–H groups in total. The number of nitrogens with two attached hydrogens (primary N) is 1. The lowest BCUT2D eigenvalue weighted by Crippen LogP contribution is -2.30. The van der Waals surface area contributed by atoms with Crippen molar-refractivity contribution in [3.63, 3.8) is 0 Å². The molecule has 1 aliphatic rings. The first-order chi connectivity index (χ1) is 14.4. The third-order valence-electron chi connectivity index (χ3n) is 5.09. The molecule has 1 aromatic heterocycles. The Hall–Kier alpha value is -2.59. The standard InChI is InChI=1S/C20H16ClN5O2S2/c21-13-7-9-14(10-8-13)30(27,28)25-18-15-5-1-3-12-4-2-6-16(17(12)15)19(18)29-20-24-23-11-26(20)22/h1-11,18-19,25H,22H2. The first kappa shape index (κ1) is 19.4. The van der Waals surface area contributed by atoms with Crippen LogP contribution in [0.3, 0.4) is 0 Å². The van der Waals surface area contributed by atoms with Gasteiger partial charge in [-0.1, -0.05) is 59.8 Å². The lowest BCUT2D eigenvalue weighted by atomic mass is 10.1. The van der Waals surface area contributed by atoms with Crippen LogP contribution in [0.4, 0.5) is 0 Å². The van der Waals surface area contributed by atoms with E-state index in [0.717, 1.165) is 21.9 Å². The van der Waals surface area contributed by atoms with Gasteiger partial charge in [-0.05, 0) is 46.2 Å². The first-order valence-electron chi connectivity index (χ1n) is 9.05. The van der Waals surface area contributed by atoms with E-state index in [2.05, 4.69) is 14.9 Å². The Morgan fingerprint density at radius 3 is 2.40 bits per heavy atom. The molecule has 0 amide bonds. The van der Waals surface area contributed by atoms with Crippen LogP contribution in [-0.4, -0.2) is 23.3 Å². The van der Waals surface area contributed by atoms with E-state index in [9.17, 15) is 8.42 Å². The van der Waals surface area contributed by atoms with Gasteiger partial charge >= 0.3 is 0 Å². The minimum absolute atomic E-state index is 0.153. The van der Waals surface area contributed by atoms with Crippen molar-refractivity contribution in [1.82, 2.24) is 19.6 Å². The Balaban J connectivity index is 1.60. The van der Waals surface area contributed by atoms with Crippen LogP contribution in [0.1, 0.15) is 22.4 Å². The van der Waals surface area contributed by atoms with Gasteiger partial charge < -0.3 is 5.84 Å². The Morgan fingerprint density at radius 1 is 1.03 bits per heavy atom. The molecule has 0 spiro atoms. The molecule has 0 radical (unpaired) electrons. The number of sulfonamides is 1. The Bertz CT molecular complexity index is 1350. The van der Waals surface area contributed by atoms with Crippen molar-refractivity contribution in [2.75, 3.05) is 5.84 Å². The van der Waals surface area contributed by atoms with E-state index in [4.69, 9.17) is 17.4 Å². The third kappa shape index (κ3) is 3.24. The Kier molecular flexibility index (Phi) is 4.70. The Morgan fingerprint density at radius 2 is 1.73 bits per heavy atom. The van der Waals surface area contributed by atoms with Crippen molar-refractivity contribution >= 4 is 44.2 Å². The summed E-state index contributed by atoms with van der Waals surface area (Å²) in [6.07, 6.45) is 1.41. The summed E-state index contributed by atoms with van der Waals surface area (Å²) in [5.41, 5.74) is 1.95. The molecule has 5 rings (SSSR count). The van der Waals surface area contributed by atoms with E-state index in [1.165, 1.54) is 34.9 Å². The topological polar surface area (TPSA) is 103 Å². The molecule has 152 valence electrons. The van der Waals surface area contributed by atoms with Gasteiger partial charge in [0.2, 0.25) is 15.2 Å². The quantitative estimate of drug-likeness (QED) is 0.443. The summed E-state index contributed by atoms with van der Waals surface area (Å²) in [5.74, 6) is 5.92. The molecule has 2 atom stereocenters. The number of nitrogens with zero attached hydrogens (tertiary/aromatic N) is 3. The van der Waals surface area contributed by atoms with Gasteiger partial charge in [-0.15, -0.1) is 10.2 Å². The molecule has 10 heteroatoms. The van der Waals surface area contributed by atoms with Gasteiger partial charge in [0.05, 0.1) is 16.2 Å². The number of nitrogens with one attached hydrogen (secondary N) is 1. The zero-order valence-electron chi connectivity index (χ0n) is 15.4. The zero-order chi connectivity index (χ0) is 20.9. The van der Waals surface area contributed by atoms with Crippen LogP contribution in [0.2, 0.25) is 5.02 Å². The highest BCUT2D eigenvalue weighted by Gasteiger charge is 2.38. The second kappa shape index (κ2) is 7.28. The van der Waals surface area contributed by atoms with Crippen molar-refractivity contribution < 1.29 is 8.42 Å². The van der Waals surface area contributed by atoms with E-state index in [1.807, 2.05) is 36.4 Å². The normalized spacial score (nSPS) is 18.2. The maximum atomic E-state index is 13.2. The van der Waals surface area contributed by atoms with Crippen LogP contribution in [0.25, 0.3) is 10.8 Å². The van der Waals surface area contributed by atoms with Crippen LogP contribution in [-0.2, 0) is 10.0 Å². The number of hydrogen-bond donors (Lipinski definition) is 2. The minimum atomic E-state index is -3.79. The average molecular weight is 458 g/mol. The molecule has 0 bridgehead atoms. The number of nitrogen functional groups attached to an aromatic ring is 1. The van der Waals surface area contributed by atoms with Crippen molar-refractivity contribution in [3.05, 3.63) is 83.1 Å². The van der Waals surface area contributed by atoms with Crippen molar-refractivity contribution in [3.8, 4) is 0 Å². The lowest BCUT2D eigenvalue weighted by molar-refractivity contribution is 0.557. The molecule has 0 saturated carbocycles. The second-order valence-corrected chi connectivity index (χ2v) is 10.2. The van der Waals surface area contributed by atoms with Gasteiger partial charge in [0.15, 0.2) is 0 Å². The highest BCUT2D eigenvalue weighted by Crippen LogP contribution is 2.52. The van der Waals surface area contributed by atoms with Crippen molar-refractivity contribution in [2.24, 2.45) is 0 Å². The predicted octanol–water partition coefficient (Wildman–Crippen LogP) is 3.67. The second-order valence-electron chi connectivity index (χ2n) is 6.90. The molecule has 4 aromatic rings. The lowest BCUT2D eigenvalue weighted by Gasteiger charge is -2.22. The van der Waals surface area contributed by atoms with Crippen LogP contribution in [0.15, 0.2) is 77.0 Å². The minimum Gasteiger partial charge on any atom is -0.336 e. The maximum absolute atomic E-state index is 13.2. The van der Waals surface area contributed by atoms with Gasteiger partial charge in [0.25, 0.3) is 0 Å². The molecular formula is C20H16ClN5O2S2. The molecule has 2 unspecified atom stereocenters. The monoisotopic (exact) mass is 457 g/mol. The maximum Gasteiger partial charge on any atom is 0.241 e. The molecule has 7 nitrogen and oxygen atoms in total. The van der Waals surface area contributed by atoms with Crippen LogP contribution < -0.4 is 10.6 Å². The third-order valence-corrected chi connectivity index (χ3v) is 8.08. The molecular weight excluding hydrogens is 442 g/mol. The van der Waals surface area contributed by atoms with Gasteiger partial charge in [0.1, 0.15) is 6.33 Å². The fraction of sp³-hybridized carbons (Fsp3) is 0.100. The molecule has 0 saturated heterocycles. The smallest absolute Gasteiger partial charge is 0.241 e. The summed E-state index contributed by atoms with van der Waals surface area (Å²) in [5, 5.41) is 10.7. The number of hydrogen-bond acceptors (Lipinski definition) is 6. The fourth-order valence-electron chi connectivity index (χ4n) is 3.77. The molecule has 1 heterocycles. The number of benzene rings is 3. The number of halogens is 1. The van der Waals surface area contributed by atoms with Crippen molar-refractivity contribution in [1.29, 1.82) is 0 Å². The summed E-state index contributed by atoms with van der Waals surface area (Å²) in [6, 6.07) is 17.5. The van der Waals surface area contributed by atoms with Crippen LogP contribution in [0, 0.1) is 0 Å². The largest absolute Gasteiger partial charge is 0.336 e. The number of aromatic nitrogens is 3. The van der Waals surface area contributed by atoms with Crippen LogP contribution in [0.5, 0.6) is 0 Å². The van der Waals surface area contributed by atoms with Gasteiger partial charge in [-0.2, -0.15) is 0 Å². The average Bonchev–Trinajstić information content (AvgIpc) is 3.26. The van der Waals surface area contributed by atoms with E-state index in [-0.39, 0.29) is 10.1 Å². The Labute approximate surface area is 182 Å². The first-order valence-corrected chi connectivity index (χ1v) is 11.8. The number of thioether (sulfide) groups is 1. The summed E-state index contributed by atoms with van der Waals surface area (Å²) in [4.78, 5) is 0.153. The van der Waals surface area contributed by atoms with E-state index in [1.54, 1.807) is 12.1 Å². The zero-order valence-corrected chi connectivity index (χ0v) is 17.8. The molecule has 1 aliphatic carbocycles. The van der Waals surface area contributed by atoms with E-state index < -0.39 is 16.1 Å². The van der Waals surface area contributed by atoms with Crippen molar-refractivity contribution in [2.45, 2.75) is 21.3 Å². The highest BCUT2D eigenvalue weighted by molar-refractivity contribution is 7.99.